The fourth-order valence-corrected chi connectivity index (χ4v) is 6.38. The second kappa shape index (κ2) is 6.67. The third-order valence-corrected chi connectivity index (χ3v) is 7.56. The summed E-state index contributed by atoms with van der Waals surface area (Å²) in [4.78, 5) is 2.44. The molecule has 32 heavy (non-hydrogen) atoms. The number of benzene rings is 4. The molecule has 0 fully saturated rings. The van der Waals surface area contributed by atoms with Crippen molar-refractivity contribution in [3.05, 3.63) is 137 Å². The van der Waals surface area contributed by atoms with Crippen molar-refractivity contribution in [2.45, 2.75) is 23.8 Å². The second-order valence-electron chi connectivity index (χ2n) is 9.04. The highest BCUT2D eigenvalue weighted by Gasteiger charge is 2.51. The van der Waals surface area contributed by atoms with Crippen LogP contribution in [-0.2, 0) is 0 Å². The van der Waals surface area contributed by atoms with Crippen molar-refractivity contribution in [1.29, 1.82) is 0 Å². The predicted molar refractivity (Wildman–Crippen MR) is 128 cm³/mol. The van der Waals surface area contributed by atoms with Gasteiger partial charge in [-0.2, -0.15) is 0 Å². The lowest BCUT2D eigenvalue weighted by Crippen LogP contribution is -2.34. The maximum Gasteiger partial charge on any atom is 0.123 e. The molecule has 3 aliphatic rings. The van der Waals surface area contributed by atoms with Crippen LogP contribution in [-0.4, -0.2) is 0 Å². The summed E-state index contributed by atoms with van der Waals surface area (Å²) in [5.41, 5.74) is 9.20. The molecule has 0 aromatic heterocycles. The Morgan fingerprint density at radius 2 is 1.25 bits per heavy atom. The van der Waals surface area contributed by atoms with Gasteiger partial charge in [0.25, 0.3) is 0 Å². The van der Waals surface area contributed by atoms with Gasteiger partial charge in [-0.05, 0) is 58.1 Å². The van der Waals surface area contributed by atoms with Crippen LogP contribution >= 0.6 is 0 Å². The zero-order valence-electron chi connectivity index (χ0n) is 17.5. The molecule has 0 spiro atoms. The van der Waals surface area contributed by atoms with Crippen molar-refractivity contribution in [1.82, 2.24) is 0 Å². The highest BCUT2D eigenvalue weighted by Crippen LogP contribution is 2.65. The van der Waals surface area contributed by atoms with Crippen molar-refractivity contribution in [2.75, 3.05) is 4.90 Å². The van der Waals surface area contributed by atoms with Gasteiger partial charge in [0.2, 0.25) is 0 Å². The van der Waals surface area contributed by atoms with Crippen LogP contribution in [0.15, 0.2) is 103 Å². The van der Waals surface area contributed by atoms with Crippen LogP contribution in [0.1, 0.15) is 51.6 Å². The minimum atomic E-state index is -0.201. The molecule has 4 aromatic rings. The van der Waals surface area contributed by atoms with Gasteiger partial charge in [-0.3, -0.25) is 0 Å². The Balaban J connectivity index is 1.53. The van der Waals surface area contributed by atoms with E-state index in [1.165, 1.54) is 33.5 Å². The molecular weight excluding hydrogens is 393 g/mol. The molecule has 1 aliphatic heterocycles. The van der Waals surface area contributed by atoms with Gasteiger partial charge < -0.3 is 4.90 Å². The molecule has 7 rings (SSSR count). The number of anilines is 2. The van der Waals surface area contributed by atoms with E-state index < -0.39 is 0 Å². The molecule has 4 atom stereocenters. The van der Waals surface area contributed by atoms with Gasteiger partial charge in [0, 0.05) is 29.1 Å². The van der Waals surface area contributed by atoms with Crippen LogP contribution in [0.3, 0.4) is 0 Å². The third kappa shape index (κ3) is 2.38. The van der Waals surface area contributed by atoms with Crippen molar-refractivity contribution in [3.63, 3.8) is 0 Å². The molecule has 0 bridgehead atoms. The van der Waals surface area contributed by atoms with Crippen LogP contribution in [0.5, 0.6) is 0 Å². The molecule has 154 valence electrons. The van der Waals surface area contributed by atoms with E-state index in [-0.39, 0.29) is 11.9 Å². The van der Waals surface area contributed by atoms with E-state index in [2.05, 4.69) is 89.8 Å². The summed E-state index contributed by atoms with van der Waals surface area (Å²) >= 11 is 0. The summed E-state index contributed by atoms with van der Waals surface area (Å²) in [6.07, 6.45) is 4.71. The largest absolute Gasteiger partial charge is 0.333 e. The first-order chi connectivity index (χ1) is 15.8. The van der Waals surface area contributed by atoms with E-state index in [9.17, 15) is 4.39 Å². The number of hydrogen-bond donors (Lipinski definition) is 0. The van der Waals surface area contributed by atoms with Gasteiger partial charge in [0.15, 0.2) is 0 Å². The zero-order valence-corrected chi connectivity index (χ0v) is 17.5. The number of para-hydroxylation sites is 1. The van der Waals surface area contributed by atoms with Gasteiger partial charge in [-0.1, -0.05) is 78.9 Å². The van der Waals surface area contributed by atoms with Crippen LogP contribution in [0, 0.1) is 5.82 Å². The first-order valence-electron chi connectivity index (χ1n) is 11.3. The second-order valence-corrected chi connectivity index (χ2v) is 9.04. The number of rotatable bonds is 1. The predicted octanol–water partition coefficient (Wildman–Crippen LogP) is 7.71. The van der Waals surface area contributed by atoms with Crippen molar-refractivity contribution >= 4 is 17.5 Å². The minimum Gasteiger partial charge on any atom is -0.333 e. The quantitative estimate of drug-likeness (QED) is 0.308. The van der Waals surface area contributed by atoms with Gasteiger partial charge in [0.05, 0.1) is 6.04 Å². The molecule has 0 saturated carbocycles. The average Bonchev–Trinajstić information content (AvgIpc) is 3.20. The van der Waals surface area contributed by atoms with Crippen LogP contribution in [0.25, 0.3) is 6.08 Å². The first-order valence-corrected chi connectivity index (χ1v) is 11.3. The zero-order chi connectivity index (χ0) is 21.2. The molecule has 0 N–H and O–H groups in total. The molecule has 1 heterocycles. The fraction of sp³-hybridized carbons (Fsp3) is 0.133. The normalized spacial score (nSPS) is 24.2. The van der Waals surface area contributed by atoms with Gasteiger partial charge >= 0.3 is 0 Å². The van der Waals surface area contributed by atoms with Gasteiger partial charge in [-0.15, -0.1) is 0 Å². The van der Waals surface area contributed by atoms with Crippen molar-refractivity contribution in [3.8, 4) is 0 Å². The third-order valence-electron chi connectivity index (χ3n) is 7.56. The smallest absolute Gasteiger partial charge is 0.123 e. The van der Waals surface area contributed by atoms with Gasteiger partial charge in [0.1, 0.15) is 5.82 Å². The number of halogens is 1. The number of nitrogens with zero attached hydrogens (tertiary/aromatic N) is 1. The lowest BCUT2D eigenvalue weighted by molar-refractivity contribution is 0.415. The van der Waals surface area contributed by atoms with E-state index in [0.717, 1.165) is 5.69 Å². The summed E-state index contributed by atoms with van der Waals surface area (Å²) in [7, 11) is 0. The molecular formula is C30H22FN. The van der Waals surface area contributed by atoms with Crippen molar-refractivity contribution < 1.29 is 4.39 Å². The Morgan fingerprint density at radius 1 is 0.594 bits per heavy atom. The number of hydrogen-bond acceptors (Lipinski definition) is 1. The standard InChI is InChI=1S/C30H22FN/c31-20-14-16-21(17-15-20)32-27-12-6-5-11-26(27)29-28-22-8-2-1-7-19(22)13-18-24(28)23-9-3-4-10-25(23)30(29)32/h1-18,24,28-30H/t24?,28-,29?,30?/m1/s1. The SMILES string of the molecule is Fc1ccc(N2c3ccccc3C3C2c2ccccc2C2C=Cc4ccccc4[C@H]23)cc1. The maximum atomic E-state index is 13.8. The van der Waals surface area contributed by atoms with E-state index in [0.29, 0.717) is 17.8 Å². The van der Waals surface area contributed by atoms with Crippen molar-refractivity contribution in [2.24, 2.45) is 0 Å². The summed E-state index contributed by atoms with van der Waals surface area (Å²) < 4.78 is 13.8. The van der Waals surface area contributed by atoms with Crippen LogP contribution in [0.2, 0.25) is 0 Å². The molecule has 0 saturated heterocycles. The molecule has 4 aromatic carbocycles. The first kappa shape index (κ1) is 18.0. The lowest BCUT2D eigenvalue weighted by Gasteiger charge is -2.45. The molecule has 0 amide bonds. The van der Waals surface area contributed by atoms with E-state index in [1.807, 2.05) is 12.1 Å². The monoisotopic (exact) mass is 415 g/mol. The Labute approximate surface area is 187 Å². The lowest BCUT2D eigenvalue weighted by atomic mass is 9.61. The topological polar surface area (TPSA) is 3.24 Å². The maximum absolute atomic E-state index is 13.8. The number of allylic oxidation sites excluding steroid dienone is 1. The van der Waals surface area contributed by atoms with Gasteiger partial charge in [-0.25, -0.2) is 4.39 Å². The Kier molecular flexibility index (Phi) is 3.75. The van der Waals surface area contributed by atoms with E-state index >= 15 is 0 Å². The molecule has 1 nitrogen and oxygen atoms in total. The number of fused-ring (bicyclic) bond motifs is 10. The Hall–Kier alpha value is -3.65. The minimum absolute atomic E-state index is 0.176. The molecule has 2 aliphatic carbocycles. The highest BCUT2D eigenvalue weighted by atomic mass is 19.1. The van der Waals surface area contributed by atoms with Crippen LogP contribution in [0.4, 0.5) is 15.8 Å². The van der Waals surface area contributed by atoms with E-state index in [1.54, 1.807) is 12.1 Å². The highest BCUT2D eigenvalue weighted by molar-refractivity contribution is 5.77. The summed E-state index contributed by atoms with van der Waals surface area (Å²) in [6, 6.07) is 33.7. The Morgan fingerprint density at radius 3 is 2.06 bits per heavy atom. The molecule has 2 heteroatoms. The average molecular weight is 416 g/mol. The molecule has 3 unspecified atom stereocenters. The van der Waals surface area contributed by atoms with E-state index in [4.69, 9.17) is 0 Å². The fourth-order valence-electron chi connectivity index (χ4n) is 6.38. The molecule has 0 radical (unpaired) electrons. The summed E-state index contributed by atoms with van der Waals surface area (Å²) in [5.74, 6) is 0.835. The van der Waals surface area contributed by atoms with Crippen LogP contribution < -0.4 is 4.90 Å². The summed E-state index contributed by atoms with van der Waals surface area (Å²) in [5, 5.41) is 0. The summed E-state index contributed by atoms with van der Waals surface area (Å²) in [6.45, 7) is 0. The Bertz CT molecular complexity index is 1370.